The van der Waals surface area contributed by atoms with Crippen LogP contribution < -0.4 is 10.1 Å². The Balaban J connectivity index is 1.96. The molecule has 2 rings (SSSR count). The summed E-state index contributed by atoms with van der Waals surface area (Å²) in [5.41, 5.74) is 3.78. The first kappa shape index (κ1) is 15.9. The first-order chi connectivity index (χ1) is 10.2. The Labute approximate surface area is 135 Å². The molecule has 2 aromatic carbocycles. The molecule has 1 N–H and O–H groups in total. The van der Waals surface area contributed by atoms with Crippen molar-refractivity contribution in [2.75, 3.05) is 11.9 Å². The van der Waals surface area contributed by atoms with Crippen LogP contribution in [0.15, 0.2) is 46.9 Å². The Kier molecular flexibility index (Phi) is 6.12. The third-order valence-corrected chi connectivity index (χ3v) is 3.82. The van der Waals surface area contributed by atoms with Crippen LogP contribution in [0.25, 0.3) is 0 Å². The molecular formula is C18H22BrNO. The molecule has 0 bridgehead atoms. The summed E-state index contributed by atoms with van der Waals surface area (Å²) >= 11 is 3.52. The SMILES string of the molecule is CCCOc1ccc(CNc2ccc(Br)cc2CC)cc1. The minimum atomic E-state index is 0.774. The standard InChI is InChI=1S/C18H22BrNO/c1-3-11-21-17-8-5-14(6-9-17)13-20-18-10-7-16(19)12-15(18)4-2/h5-10,12,20H,3-4,11,13H2,1-2H3. The number of halogens is 1. The van der Waals surface area contributed by atoms with Gasteiger partial charge in [0, 0.05) is 16.7 Å². The van der Waals surface area contributed by atoms with Gasteiger partial charge in [0.1, 0.15) is 5.75 Å². The number of benzene rings is 2. The Hall–Kier alpha value is -1.48. The first-order valence-corrected chi connectivity index (χ1v) is 8.26. The molecule has 0 radical (unpaired) electrons. The quantitative estimate of drug-likeness (QED) is 0.722. The number of ether oxygens (including phenoxy) is 1. The molecule has 0 spiro atoms. The van der Waals surface area contributed by atoms with Crippen LogP contribution in [-0.4, -0.2) is 6.61 Å². The largest absolute Gasteiger partial charge is 0.494 e. The Bertz CT molecular complexity index is 566. The van der Waals surface area contributed by atoms with E-state index in [1.807, 2.05) is 12.1 Å². The van der Waals surface area contributed by atoms with E-state index in [1.165, 1.54) is 16.8 Å². The highest BCUT2D eigenvalue weighted by atomic mass is 79.9. The number of aryl methyl sites for hydroxylation is 1. The van der Waals surface area contributed by atoms with Gasteiger partial charge in [-0.2, -0.15) is 0 Å². The van der Waals surface area contributed by atoms with Crippen LogP contribution in [-0.2, 0) is 13.0 Å². The van der Waals surface area contributed by atoms with Gasteiger partial charge in [-0.3, -0.25) is 0 Å². The molecule has 0 aliphatic heterocycles. The molecule has 0 amide bonds. The molecule has 3 heteroatoms. The predicted octanol–water partition coefficient (Wildman–Crippen LogP) is 5.41. The zero-order chi connectivity index (χ0) is 15.1. The van der Waals surface area contributed by atoms with Crippen LogP contribution in [0.1, 0.15) is 31.4 Å². The molecule has 0 aliphatic rings. The zero-order valence-corrected chi connectivity index (χ0v) is 14.2. The minimum Gasteiger partial charge on any atom is -0.494 e. The fourth-order valence-electron chi connectivity index (χ4n) is 2.15. The summed E-state index contributed by atoms with van der Waals surface area (Å²) in [7, 11) is 0. The molecule has 112 valence electrons. The summed E-state index contributed by atoms with van der Waals surface area (Å²) < 4.78 is 6.72. The fourth-order valence-corrected chi connectivity index (χ4v) is 2.56. The molecule has 2 aromatic rings. The molecule has 0 saturated heterocycles. The van der Waals surface area contributed by atoms with Crippen LogP contribution in [0.4, 0.5) is 5.69 Å². The van der Waals surface area contributed by atoms with E-state index in [4.69, 9.17) is 4.74 Å². The van der Waals surface area contributed by atoms with Crippen molar-refractivity contribution in [3.63, 3.8) is 0 Å². The van der Waals surface area contributed by atoms with E-state index >= 15 is 0 Å². The maximum atomic E-state index is 5.60. The average molecular weight is 348 g/mol. The second-order valence-electron chi connectivity index (χ2n) is 5.00. The Morgan fingerprint density at radius 2 is 1.81 bits per heavy atom. The predicted molar refractivity (Wildman–Crippen MR) is 93.1 cm³/mol. The van der Waals surface area contributed by atoms with Crippen molar-refractivity contribution in [2.24, 2.45) is 0 Å². The van der Waals surface area contributed by atoms with E-state index in [9.17, 15) is 0 Å². The van der Waals surface area contributed by atoms with E-state index in [1.54, 1.807) is 0 Å². The van der Waals surface area contributed by atoms with Gasteiger partial charge in [0.2, 0.25) is 0 Å². The first-order valence-electron chi connectivity index (χ1n) is 7.47. The molecule has 0 aromatic heterocycles. The maximum Gasteiger partial charge on any atom is 0.119 e. The van der Waals surface area contributed by atoms with Crippen LogP contribution in [0, 0.1) is 0 Å². The Morgan fingerprint density at radius 1 is 1.05 bits per heavy atom. The van der Waals surface area contributed by atoms with Crippen LogP contribution in [0.5, 0.6) is 5.75 Å². The van der Waals surface area contributed by atoms with Crippen LogP contribution in [0.3, 0.4) is 0 Å². The Morgan fingerprint density at radius 3 is 2.48 bits per heavy atom. The highest BCUT2D eigenvalue weighted by molar-refractivity contribution is 9.10. The van der Waals surface area contributed by atoms with Crippen molar-refractivity contribution in [1.29, 1.82) is 0 Å². The molecule has 0 atom stereocenters. The number of anilines is 1. The maximum absolute atomic E-state index is 5.60. The van der Waals surface area contributed by atoms with Gasteiger partial charge < -0.3 is 10.1 Å². The van der Waals surface area contributed by atoms with Gasteiger partial charge in [0.15, 0.2) is 0 Å². The fraction of sp³-hybridized carbons (Fsp3) is 0.333. The lowest BCUT2D eigenvalue weighted by atomic mass is 10.1. The average Bonchev–Trinajstić information content (AvgIpc) is 2.52. The molecule has 2 nitrogen and oxygen atoms in total. The van der Waals surface area contributed by atoms with E-state index in [2.05, 4.69) is 65.4 Å². The highest BCUT2D eigenvalue weighted by Gasteiger charge is 2.02. The molecule has 0 aliphatic carbocycles. The number of nitrogens with one attached hydrogen (secondary N) is 1. The monoisotopic (exact) mass is 347 g/mol. The van der Waals surface area contributed by atoms with Gasteiger partial charge in [0.05, 0.1) is 6.61 Å². The van der Waals surface area contributed by atoms with Gasteiger partial charge in [-0.05, 0) is 54.3 Å². The lowest BCUT2D eigenvalue weighted by Gasteiger charge is -2.12. The number of rotatable bonds is 7. The summed E-state index contributed by atoms with van der Waals surface area (Å²) in [6.45, 7) is 5.88. The second-order valence-corrected chi connectivity index (χ2v) is 5.92. The van der Waals surface area contributed by atoms with E-state index in [-0.39, 0.29) is 0 Å². The third-order valence-electron chi connectivity index (χ3n) is 3.33. The lowest BCUT2D eigenvalue weighted by molar-refractivity contribution is 0.317. The number of hydrogen-bond donors (Lipinski definition) is 1. The van der Waals surface area contributed by atoms with Crippen LogP contribution in [0.2, 0.25) is 0 Å². The van der Waals surface area contributed by atoms with E-state index in [0.717, 1.165) is 36.2 Å². The summed E-state index contributed by atoms with van der Waals surface area (Å²) in [4.78, 5) is 0. The molecule has 21 heavy (non-hydrogen) atoms. The van der Waals surface area contributed by atoms with Crippen molar-refractivity contribution in [3.05, 3.63) is 58.1 Å². The summed E-state index contributed by atoms with van der Waals surface area (Å²) in [6, 6.07) is 14.7. The molecule has 0 fully saturated rings. The van der Waals surface area contributed by atoms with Crippen molar-refractivity contribution < 1.29 is 4.74 Å². The number of hydrogen-bond acceptors (Lipinski definition) is 2. The molecule has 0 saturated carbocycles. The minimum absolute atomic E-state index is 0.774. The van der Waals surface area contributed by atoms with Crippen LogP contribution >= 0.6 is 15.9 Å². The summed E-state index contributed by atoms with van der Waals surface area (Å²) in [5.74, 6) is 0.943. The van der Waals surface area contributed by atoms with Gasteiger partial charge >= 0.3 is 0 Å². The highest BCUT2D eigenvalue weighted by Crippen LogP contribution is 2.22. The van der Waals surface area contributed by atoms with Crippen molar-refractivity contribution >= 4 is 21.6 Å². The lowest BCUT2D eigenvalue weighted by Crippen LogP contribution is -2.02. The third kappa shape index (κ3) is 4.78. The van der Waals surface area contributed by atoms with Gasteiger partial charge in [-0.15, -0.1) is 0 Å². The zero-order valence-electron chi connectivity index (χ0n) is 12.7. The smallest absolute Gasteiger partial charge is 0.119 e. The van der Waals surface area contributed by atoms with Crippen molar-refractivity contribution in [3.8, 4) is 5.75 Å². The van der Waals surface area contributed by atoms with Crippen molar-refractivity contribution in [1.82, 2.24) is 0 Å². The molecule has 0 heterocycles. The molecule has 0 unspecified atom stereocenters. The summed E-state index contributed by atoms with van der Waals surface area (Å²) in [6.07, 6.45) is 2.05. The second kappa shape index (κ2) is 8.08. The van der Waals surface area contributed by atoms with Gasteiger partial charge in [-0.25, -0.2) is 0 Å². The summed E-state index contributed by atoms with van der Waals surface area (Å²) in [5, 5.41) is 3.51. The van der Waals surface area contributed by atoms with E-state index in [0.29, 0.717) is 0 Å². The molecular weight excluding hydrogens is 326 g/mol. The topological polar surface area (TPSA) is 21.3 Å². The van der Waals surface area contributed by atoms with E-state index < -0.39 is 0 Å². The van der Waals surface area contributed by atoms with Gasteiger partial charge in [0.25, 0.3) is 0 Å². The van der Waals surface area contributed by atoms with Crippen molar-refractivity contribution in [2.45, 2.75) is 33.2 Å². The van der Waals surface area contributed by atoms with Gasteiger partial charge in [-0.1, -0.05) is 41.9 Å². The normalized spacial score (nSPS) is 10.4.